The first-order valence-electron chi connectivity index (χ1n) is 39.5. The van der Waals surface area contributed by atoms with Crippen molar-refractivity contribution < 1.29 is 0 Å². The van der Waals surface area contributed by atoms with Crippen molar-refractivity contribution in [3.05, 3.63) is 336 Å². The Morgan fingerprint density at radius 1 is 0.259 bits per heavy atom. The van der Waals surface area contributed by atoms with Crippen LogP contribution in [0.3, 0.4) is 0 Å². The summed E-state index contributed by atoms with van der Waals surface area (Å²) in [5, 5.41) is 24.7. The number of hydrogen-bond acceptors (Lipinski definition) is 4. The number of hydrogen-bond donors (Lipinski definition) is 0. The Labute approximate surface area is 662 Å². The molecule has 0 saturated heterocycles. The van der Waals surface area contributed by atoms with Gasteiger partial charge in [0.05, 0.1) is 45.7 Å². The van der Waals surface area contributed by atoms with Gasteiger partial charge in [0.1, 0.15) is 0 Å². The average Bonchev–Trinajstić information content (AvgIpc) is 0.729. The van der Waals surface area contributed by atoms with E-state index >= 15 is 0 Å². The Hall–Kier alpha value is -12.5. The van der Waals surface area contributed by atoms with Gasteiger partial charge < -0.3 is 14.4 Å². The van der Waals surface area contributed by atoms with Gasteiger partial charge in [0.25, 0.3) is 6.71 Å². The topological polar surface area (TPSA) is 59.0 Å². The Balaban J connectivity index is 1.10. The second-order valence-electron chi connectivity index (χ2n) is 36.0. The number of aromatic nitrogens is 1. The Morgan fingerprint density at radius 3 is 1.00 bits per heavy atom. The minimum atomic E-state index is -0.424. The summed E-state index contributed by atoms with van der Waals surface area (Å²) in [5.41, 5.74) is 33.5. The molecule has 0 bridgehead atoms. The van der Waals surface area contributed by atoms with Crippen LogP contribution < -0.4 is 26.2 Å². The van der Waals surface area contributed by atoms with E-state index in [9.17, 15) is 10.5 Å². The third-order valence-electron chi connectivity index (χ3n) is 23.4. The summed E-state index contributed by atoms with van der Waals surface area (Å²) in [6.07, 6.45) is 0. The van der Waals surface area contributed by atoms with E-state index in [0.717, 1.165) is 134 Å². The number of benzene rings is 14. The van der Waals surface area contributed by atoms with Crippen molar-refractivity contribution in [3.63, 3.8) is 0 Å². The monoisotopic (exact) mass is 1450 g/mol. The molecule has 17 rings (SSSR count). The van der Waals surface area contributed by atoms with Crippen molar-refractivity contribution >= 4 is 79.0 Å². The van der Waals surface area contributed by atoms with Crippen molar-refractivity contribution in [1.82, 2.24) is 4.57 Å². The zero-order chi connectivity index (χ0) is 78.1. The molecule has 0 fully saturated rings. The van der Waals surface area contributed by atoms with Crippen molar-refractivity contribution in [2.24, 2.45) is 0 Å². The van der Waals surface area contributed by atoms with E-state index in [2.05, 4.69) is 403 Å². The molecule has 0 amide bonds. The molecule has 2 aliphatic heterocycles. The summed E-state index contributed by atoms with van der Waals surface area (Å²) in [6.45, 7) is 34.5. The first kappa shape index (κ1) is 72.4. The van der Waals surface area contributed by atoms with Crippen molar-refractivity contribution in [1.29, 1.82) is 10.5 Å². The first-order chi connectivity index (χ1) is 53.6. The average molecular weight is 1450 g/mol. The Morgan fingerprint density at radius 2 is 0.607 bits per heavy atom. The minimum absolute atomic E-state index is 0.198. The van der Waals surface area contributed by atoms with Crippen LogP contribution in [0.25, 0.3) is 105 Å². The molecule has 1 aromatic heterocycles. The SMILES string of the molecule is CC(C)(C)c1cccc(-c2cc(-c3ccccc3C#N)cc(-c3cccc(C(C)(C)C)c3)c2N2c3cc(-c4ccccc4)ccc3B3c4ccc(-n5c6ccccc6c6ccccc65)cc4N(c4c(-c5cccc(C(C)(C)C)c5)cc(-c5ccccc5C#N)cc4-c4cccc(C(C)(C)C)c4)c4cc(C(C)(C)C)cc2c43)c1. The quantitative estimate of drug-likeness (QED) is 0.128. The van der Waals surface area contributed by atoms with Crippen LogP contribution in [0.15, 0.2) is 297 Å². The van der Waals surface area contributed by atoms with E-state index < -0.39 is 5.41 Å². The molecule has 14 aromatic carbocycles. The van der Waals surface area contributed by atoms with Crippen LogP contribution in [0, 0.1) is 22.7 Å². The fraction of sp³-hybridized carbons (Fsp3) is 0.189. The van der Waals surface area contributed by atoms with Crippen molar-refractivity contribution in [2.75, 3.05) is 9.80 Å². The van der Waals surface area contributed by atoms with Gasteiger partial charge in [0.2, 0.25) is 0 Å². The van der Waals surface area contributed by atoms with Crippen LogP contribution >= 0.6 is 0 Å². The van der Waals surface area contributed by atoms with Crippen LogP contribution in [0.2, 0.25) is 0 Å². The lowest BCUT2D eigenvalue weighted by Gasteiger charge is -2.46. The molecule has 0 saturated carbocycles. The van der Waals surface area contributed by atoms with Gasteiger partial charge in [-0.1, -0.05) is 322 Å². The number of anilines is 6. The summed E-state index contributed by atoms with van der Waals surface area (Å²) in [7, 11) is 0. The van der Waals surface area contributed by atoms with Crippen LogP contribution in [-0.4, -0.2) is 11.3 Å². The Bertz CT molecular complexity index is 6180. The van der Waals surface area contributed by atoms with Gasteiger partial charge in [-0.3, -0.25) is 0 Å². The molecule has 0 aliphatic carbocycles. The first-order valence-corrected chi connectivity index (χ1v) is 39.5. The largest absolute Gasteiger partial charge is 0.310 e. The maximum absolute atomic E-state index is 11.2. The number of nitrogens with zero attached hydrogens (tertiary/aromatic N) is 5. The van der Waals surface area contributed by atoms with E-state index in [-0.39, 0.29) is 28.4 Å². The predicted octanol–water partition coefficient (Wildman–Crippen LogP) is 26.8. The molecule has 0 unspecified atom stereocenters. The third-order valence-corrected chi connectivity index (χ3v) is 23.4. The van der Waals surface area contributed by atoms with Gasteiger partial charge in [0, 0.05) is 61.5 Å². The van der Waals surface area contributed by atoms with Gasteiger partial charge in [-0.2, -0.15) is 10.5 Å². The second-order valence-corrected chi connectivity index (χ2v) is 36.0. The standard InChI is InChI=1S/C106H94BN5/c1-102(2,3)77-39-27-35-69(53-77)87-57-75(83-43-21-19-33-73(83)65-108)58-88(70-36-28-40-78(54-70)103(4,5)6)100(87)111-95-61-68(67-31-17-16-18-32-67)49-51-91(95)107-92-52-50-82(110-93-47-25-23-45-85(93)86-46-24-26-48-94(86)110)64-96(92)112(98-63-81(106(13,14)15)62-97(111)99(98)107)101-89(71-37-29-41-79(55-71)104(7,8)9)59-76(84-44-22-20-34-74(84)66-109)60-90(101)72-38-30-42-80(56-72)105(10,11)12/h16-64H,1-15H3. The molecule has 5 nitrogen and oxygen atoms in total. The van der Waals surface area contributed by atoms with E-state index in [1.54, 1.807) is 0 Å². The van der Waals surface area contributed by atoms with Crippen LogP contribution in [0.1, 0.15) is 143 Å². The number of para-hydroxylation sites is 2. The molecule has 112 heavy (non-hydrogen) atoms. The fourth-order valence-corrected chi connectivity index (χ4v) is 17.3. The lowest BCUT2D eigenvalue weighted by molar-refractivity contribution is 0.590. The number of nitriles is 2. The molecule has 546 valence electrons. The number of rotatable bonds is 10. The molecule has 0 atom stereocenters. The lowest BCUT2D eigenvalue weighted by Crippen LogP contribution is -2.61. The van der Waals surface area contributed by atoms with Crippen molar-refractivity contribution in [2.45, 2.75) is 131 Å². The van der Waals surface area contributed by atoms with E-state index in [1.165, 1.54) is 49.5 Å². The molecule has 0 spiro atoms. The van der Waals surface area contributed by atoms with Crippen LogP contribution in [-0.2, 0) is 27.1 Å². The highest BCUT2D eigenvalue weighted by Gasteiger charge is 2.47. The highest BCUT2D eigenvalue weighted by molar-refractivity contribution is 7.00. The number of fused-ring (bicyclic) bond motifs is 7. The van der Waals surface area contributed by atoms with Crippen molar-refractivity contribution in [3.8, 4) is 95.7 Å². The molecular weight excluding hydrogens is 1350 g/mol. The molecule has 15 aromatic rings. The summed E-state index contributed by atoms with van der Waals surface area (Å²) >= 11 is 0. The molecule has 6 heteroatoms. The predicted molar refractivity (Wildman–Crippen MR) is 476 cm³/mol. The fourth-order valence-electron chi connectivity index (χ4n) is 17.3. The Kier molecular flexibility index (Phi) is 17.6. The van der Waals surface area contributed by atoms with Gasteiger partial charge >= 0.3 is 0 Å². The summed E-state index contributed by atoms with van der Waals surface area (Å²) in [4.78, 5) is 5.38. The summed E-state index contributed by atoms with van der Waals surface area (Å²) < 4.78 is 2.48. The highest BCUT2D eigenvalue weighted by Crippen LogP contribution is 2.57. The molecule has 0 radical (unpaired) electrons. The lowest BCUT2D eigenvalue weighted by atomic mass is 9.33. The smallest absolute Gasteiger partial charge is 0.252 e. The van der Waals surface area contributed by atoms with Crippen LogP contribution in [0.4, 0.5) is 34.1 Å². The van der Waals surface area contributed by atoms with Gasteiger partial charge in [-0.25, -0.2) is 0 Å². The normalized spacial score (nSPS) is 12.9. The van der Waals surface area contributed by atoms with Gasteiger partial charge in [-0.05, 0) is 206 Å². The molecule has 2 aliphatic rings. The maximum Gasteiger partial charge on any atom is 0.252 e. The van der Waals surface area contributed by atoms with Gasteiger partial charge in [0.15, 0.2) is 0 Å². The highest BCUT2D eigenvalue weighted by atomic mass is 15.2. The molecule has 0 N–H and O–H groups in total. The van der Waals surface area contributed by atoms with Gasteiger partial charge in [-0.15, -0.1) is 0 Å². The molecular formula is C106H94BN5. The maximum atomic E-state index is 11.2. The zero-order valence-electron chi connectivity index (χ0n) is 67.1. The second kappa shape index (κ2) is 27.2. The van der Waals surface area contributed by atoms with E-state index in [0.29, 0.717) is 11.1 Å². The van der Waals surface area contributed by atoms with E-state index in [4.69, 9.17) is 0 Å². The summed E-state index contributed by atoms with van der Waals surface area (Å²) in [6, 6.07) is 116. The third kappa shape index (κ3) is 12.7. The van der Waals surface area contributed by atoms with Crippen LogP contribution in [0.5, 0.6) is 0 Å². The minimum Gasteiger partial charge on any atom is -0.310 e. The summed E-state index contributed by atoms with van der Waals surface area (Å²) in [5.74, 6) is 0. The molecule has 3 heterocycles. The zero-order valence-corrected chi connectivity index (χ0v) is 67.1. The van der Waals surface area contributed by atoms with E-state index in [1.807, 2.05) is 24.3 Å².